The Kier molecular flexibility index (Phi) is 3.31. The van der Waals surface area contributed by atoms with Crippen LogP contribution in [0.2, 0.25) is 0 Å². The van der Waals surface area contributed by atoms with E-state index in [1.165, 1.54) is 4.90 Å². The Morgan fingerprint density at radius 2 is 2.18 bits per heavy atom. The Labute approximate surface area is 103 Å². The zero-order valence-corrected chi connectivity index (χ0v) is 9.78. The van der Waals surface area contributed by atoms with E-state index in [4.69, 9.17) is 17.4 Å². The van der Waals surface area contributed by atoms with Crippen molar-refractivity contribution in [1.82, 2.24) is 5.43 Å². The van der Waals surface area contributed by atoms with Crippen LogP contribution in [0.1, 0.15) is 16.8 Å². The monoisotopic (exact) mass is 253 g/mol. The first kappa shape index (κ1) is 11.9. The third-order valence-corrected chi connectivity index (χ3v) is 2.94. The Bertz CT molecular complexity index is 464. The lowest BCUT2D eigenvalue weighted by atomic mass is 10.1. The van der Waals surface area contributed by atoms with Crippen molar-refractivity contribution in [2.45, 2.75) is 11.8 Å². The van der Waals surface area contributed by atoms with Gasteiger partial charge in [-0.15, -0.1) is 11.6 Å². The summed E-state index contributed by atoms with van der Waals surface area (Å²) in [6, 6.07) is 6.80. The fourth-order valence-corrected chi connectivity index (χ4v) is 2.15. The normalized spacial score (nSPS) is 19.5. The van der Waals surface area contributed by atoms with Gasteiger partial charge in [0.2, 0.25) is 5.91 Å². The second-order valence-electron chi connectivity index (χ2n) is 3.80. The van der Waals surface area contributed by atoms with E-state index in [1.54, 1.807) is 24.3 Å². The number of benzene rings is 1. The van der Waals surface area contributed by atoms with E-state index in [2.05, 4.69) is 5.43 Å². The highest BCUT2D eigenvalue weighted by Gasteiger charge is 2.31. The maximum absolute atomic E-state index is 11.7. The summed E-state index contributed by atoms with van der Waals surface area (Å²) >= 11 is 5.93. The summed E-state index contributed by atoms with van der Waals surface area (Å²) in [6.07, 6.45) is 0.292. The molecule has 0 saturated carbocycles. The minimum atomic E-state index is -0.425. The van der Waals surface area contributed by atoms with E-state index in [0.29, 0.717) is 24.2 Å². The summed E-state index contributed by atoms with van der Waals surface area (Å²) in [6.45, 7) is 0.412. The molecule has 3 N–H and O–H groups in total. The number of alkyl halides is 1. The van der Waals surface area contributed by atoms with Gasteiger partial charge >= 0.3 is 0 Å². The minimum absolute atomic E-state index is 0.0812. The molecule has 90 valence electrons. The smallest absolute Gasteiger partial charge is 0.267 e. The topological polar surface area (TPSA) is 75.4 Å². The van der Waals surface area contributed by atoms with Crippen molar-refractivity contribution in [1.29, 1.82) is 0 Å². The number of hydrazine groups is 1. The van der Waals surface area contributed by atoms with Crippen LogP contribution in [0.3, 0.4) is 0 Å². The van der Waals surface area contributed by atoms with Crippen LogP contribution in [0.25, 0.3) is 0 Å². The molecule has 2 rings (SSSR count). The van der Waals surface area contributed by atoms with E-state index >= 15 is 0 Å². The van der Waals surface area contributed by atoms with Gasteiger partial charge in [-0.3, -0.25) is 15.0 Å². The summed E-state index contributed by atoms with van der Waals surface area (Å²) in [4.78, 5) is 24.8. The van der Waals surface area contributed by atoms with Crippen LogP contribution in [0, 0.1) is 0 Å². The maximum atomic E-state index is 11.7. The van der Waals surface area contributed by atoms with Gasteiger partial charge in [-0.25, -0.2) is 5.84 Å². The van der Waals surface area contributed by atoms with Gasteiger partial charge in [0.05, 0.1) is 16.6 Å². The number of hydrogen-bond donors (Lipinski definition) is 2. The number of hydrogen-bond acceptors (Lipinski definition) is 3. The second kappa shape index (κ2) is 4.73. The summed E-state index contributed by atoms with van der Waals surface area (Å²) in [5.74, 6) is 4.60. The van der Waals surface area contributed by atoms with Gasteiger partial charge < -0.3 is 4.90 Å². The molecule has 1 aromatic rings. The van der Waals surface area contributed by atoms with Crippen molar-refractivity contribution in [3.05, 3.63) is 29.8 Å². The van der Waals surface area contributed by atoms with Crippen molar-refractivity contribution in [3.8, 4) is 0 Å². The number of rotatable bonds is 2. The lowest BCUT2D eigenvalue weighted by Gasteiger charge is -2.18. The van der Waals surface area contributed by atoms with Crippen molar-refractivity contribution < 1.29 is 9.59 Å². The lowest BCUT2D eigenvalue weighted by Crippen LogP contribution is -2.33. The van der Waals surface area contributed by atoms with Crippen LogP contribution in [-0.2, 0) is 4.79 Å². The molecule has 1 fully saturated rings. The van der Waals surface area contributed by atoms with Gasteiger partial charge in [0.1, 0.15) is 0 Å². The molecule has 1 saturated heterocycles. The molecule has 17 heavy (non-hydrogen) atoms. The van der Waals surface area contributed by atoms with Gasteiger partial charge in [-0.2, -0.15) is 0 Å². The van der Waals surface area contributed by atoms with Crippen LogP contribution >= 0.6 is 11.6 Å². The molecule has 5 nitrogen and oxygen atoms in total. The number of nitrogens with one attached hydrogen (secondary N) is 1. The molecular weight excluding hydrogens is 242 g/mol. The lowest BCUT2D eigenvalue weighted by molar-refractivity contribution is -0.117. The predicted molar refractivity (Wildman–Crippen MR) is 64.7 cm³/mol. The fraction of sp³-hybridized carbons (Fsp3) is 0.273. The fourth-order valence-electron chi connectivity index (χ4n) is 1.88. The average molecular weight is 254 g/mol. The number of nitrogen functional groups attached to an aromatic ring is 1. The van der Waals surface area contributed by atoms with Crippen LogP contribution < -0.4 is 16.2 Å². The SMILES string of the molecule is NNC(=O)c1ccccc1N1CC(Cl)CC1=O. The number of halogens is 1. The van der Waals surface area contributed by atoms with Crippen LogP contribution in [0.15, 0.2) is 24.3 Å². The molecule has 1 heterocycles. The zero-order valence-electron chi connectivity index (χ0n) is 9.02. The van der Waals surface area contributed by atoms with E-state index in [-0.39, 0.29) is 11.3 Å². The molecule has 0 radical (unpaired) electrons. The number of nitrogens with two attached hydrogens (primary N) is 1. The number of amides is 2. The number of para-hydroxylation sites is 1. The summed E-state index contributed by atoms with van der Waals surface area (Å²) in [5, 5.41) is -0.212. The molecule has 1 aromatic carbocycles. The maximum Gasteiger partial charge on any atom is 0.267 e. The summed E-state index contributed by atoms with van der Waals surface area (Å²) in [5.41, 5.74) is 2.98. The van der Waals surface area contributed by atoms with Crippen LogP contribution in [0.5, 0.6) is 0 Å². The highest BCUT2D eigenvalue weighted by molar-refractivity contribution is 6.24. The van der Waals surface area contributed by atoms with E-state index in [1.807, 2.05) is 0 Å². The Morgan fingerprint density at radius 1 is 1.47 bits per heavy atom. The summed E-state index contributed by atoms with van der Waals surface area (Å²) in [7, 11) is 0. The third kappa shape index (κ3) is 2.25. The van der Waals surface area contributed by atoms with Gasteiger partial charge in [0, 0.05) is 13.0 Å². The molecule has 1 aliphatic rings. The Morgan fingerprint density at radius 3 is 2.76 bits per heavy atom. The molecule has 2 amide bonds. The highest BCUT2D eigenvalue weighted by atomic mass is 35.5. The molecule has 6 heteroatoms. The Hall–Kier alpha value is -1.59. The molecule has 1 aliphatic heterocycles. The number of nitrogens with zero attached hydrogens (tertiary/aromatic N) is 1. The Balaban J connectivity index is 2.38. The van der Waals surface area contributed by atoms with Gasteiger partial charge in [-0.1, -0.05) is 12.1 Å². The first-order valence-electron chi connectivity index (χ1n) is 5.18. The standard InChI is InChI=1S/C11H12ClN3O2/c12-7-5-10(16)15(6-7)9-4-2-1-3-8(9)11(17)14-13/h1-4,7H,5-6,13H2,(H,14,17). The first-order valence-corrected chi connectivity index (χ1v) is 5.61. The van der Waals surface area contributed by atoms with E-state index < -0.39 is 5.91 Å². The van der Waals surface area contributed by atoms with Crippen LogP contribution in [0.4, 0.5) is 5.69 Å². The quantitative estimate of drug-likeness (QED) is 0.351. The molecule has 1 atom stereocenters. The van der Waals surface area contributed by atoms with E-state index in [9.17, 15) is 9.59 Å². The predicted octanol–water partition coefficient (Wildman–Crippen LogP) is 0.634. The molecule has 0 aliphatic carbocycles. The highest BCUT2D eigenvalue weighted by Crippen LogP contribution is 2.27. The molecule has 0 aromatic heterocycles. The number of carbonyl (C=O) groups excluding carboxylic acids is 2. The molecule has 0 bridgehead atoms. The van der Waals surface area contributed by atoms with Crippen molar-refractivity contribution >= 4 is 29.1 Å². The molecular formula is C11H12ClN3O2. The van der Waals surface area contributed by atoms with Crippen LogP contribution in [-0.4, -0.2) is 23.7 Å². The third-order valence-electron chi connectivity index (χ3n) is 2.65. The molecule has 1 unspecified atom stereocenters. The minimum Gasteiger partial charge on any atom is -0.310 e. The van der Waals surface area contributed by atoms with Crippen molar-refractivity contribution in [2.24, 2.45) is 5.84 Å². The largest absolute Gasteiger partial charge is 0.310 e. The number of carbonyl (C=O) groups is 2. The van der Waals surface area contributed by atoms with Gasteiger partial charge in [0.25, 0.3) is 5.91 Å². The molecule has 0 spiro atoms. The first-order chi connectivity index (χ1) is 8.13. The van der Waals surface area contributed by atoms with Gasteiger partial charge in [0.15, 0.2) is 0 Å². The number of anilines is 1. The zero-order chi connectivity index (χ0) is 12.4. The van der Waals surface area contributed by atoms with Crippen molar-refractivity contribution in [2.75, 3.05) is 11.4 Å². The second-order valence-corrected chi connectivity index (χ2v) is 4.41. The van der Waals surface area contributed by atoms with Crippen molar-refractivity contribution in [3.63, 3.8) is 0 Å². The van der Waals surface area contributed by atoms with E-state index in [0.717, 1.165) is 0 Å². The summed E-state index contributed by atoms with van der Waals surface area (Å²) < 4.78 is 0. The van der Waals surface area contributed by atoms with Gasteiger partial charge in [-0.05, 0) is 12.1 Å². The average Bonchev–Trinajstić information content (AvgIpc) is 2.67.